The minimum atomic E-state index is -0.153. The maximum Gasteiger partial charge on any atom is 0.239 e. The van der Waals surface area contributed by atoms with Crippen LogP contribution in [0.25, 0.3) is 0 Å². The minimum Gasteiger partial charge on any atom is -0.378 e. The van der Waals surface area contributed by atoms with Gasteiger partial charge in [0.25, 0.3) is 0 Å². The molecule has 0 radical (unpaired) electrons. The molecule has 6 nitrogen and oxygen atoms in total. The summed E-state index contributed by atoms with van der Waals surface area (Å²) in [7, 11) is 0. The first-order valence-corrected chi connectivity index (χ1v) is 7.27. The van der Waals surface area contributed by atoms with E-state index >= 15 is 0 Å². The van der Waals surface area contributed by atoms with Crippen LogP contribution in [-0.4, -0.2) is 75.0 Å². The predicted octanol–water partition coefficient (Wildman–Crippen LogP) is -1.05. The standard InChI is InChI=1S/C13H23N3O3/c17-13(15-10-1-2-10)12-9-18-6-4-16(12)8-11-7-14-3-5-19-11/h10-12,14H,1-9H2,(H,15,17). The molecule has 0 aromatic carbocycles. The van der Waals surface area contributed by atoms with Gasteiger partial charge in [-0.05, 0) is 12.8 Å². The Labute approximate surface area is 113 Å². The van der Waals surface area contributed by atoms with Crippen molar-refractivity contribution >= 4 is 5.91 Å². The summed E-state index contributed by atoms with van der Waals surface area (Å²) >= 11 is 0. The third-order valence-electron chi connectivity index (χ3n) is 3.91. The van der Waals surface area contributed by atoms with Gasteiger partial charge in [-0.3, -0.25) is 9.69 Å². The average molecular weight is 269 g/mol. The molecule has 2 saturated heterocycles. The molecule has 1 saturated carbocycles. The van der Waals surface area contributed by atoms with Gasteiger partial charge in [0, 0.05) is 32.2 Å². The van der Waals surface area contributed by atoms with Gasteiger partial charge in [-0.25, -0.2) is 0 Å². The highest BCUT2D eigenvalue weighted by molar-refractivity contribution is 5.82. The van der Waals surface area contributed by atoms with Crippen LogP contribution in [0.1, 0.15) is 12.8 Å². The van der Waals surface area contributed by atoms with Crippen molar-refractivity contribution in [2.24, 2.45) is 0 Å². The second-order valence-corrected chi connectivity index (χ2v) is 5.57. The molecule has 2 unspecified atom stereocenters. The van der Waals surface area contributed by atoms with Crippen molar-refractivity contribution in [3.05, 3.63) is 0 Å². The topological polar surface area (TPSA) is 62.8 Å². The number of carbonyl (C=O) groups excluding carboxylic acids is 1. The number of carbonyl (C=O) groups is 1. The summed E-state index contributed by atoms with van der Waals surface area (Å²) in [5, 5.41) is 6.40. The Kier molecular flexibility index (Phi) is 4.32. The van der Waals surface area contributed by atoms with Crippen molar-refractivity contribution in [2.75, 3.05) is 46.0 Å². The lowest BCUT2D eigenvalue weighted by Gasteiger charge is -2.37. The molecule has 2 N–H and O–H groups in total. The van der Waals surface area contributed by atoms with Gasteiger partial charge in [0.05, 0.1) is 25.9 Å². The molecule has 3 fully saturated rings. The molecule has 0 aromatic heterocycles. The third kappa shape index (κ3) is 3.66. The van der Waals surface area contributed by atoms with Crippen LogP contribution in [0.5, 0.6) is 0 Å². The Bertz CT molecular complexity index is 316. The van der Waals surface area contributed by atoms with E-state index in [1.54, 1.807) is 0 Å². The molecule has 19 heavy (non-hydrogen) atoms. The molecule has 3 rings (SSSR count). The van der Waals surface area contributed by atoms with E-state index < -0.39 is 0 Å². The fourth-order valence-corrected chi connectivity index (χ4v) is 2.62. The molecule has 6 heteroatoms. The van der Waals surface area contributed by atoms with Gasteiger partial charge in [0.1, 0.15) is 6.04 Å². The summed E-state index contributed by atoms with van der Waals surface area (Å²) in [6.45, 7) is 5.36. The number of rotatable bonds is 4. The molecule has 1 amide bonds. The lowest BCUT2D eigenvalue weighted by atomic mass is 10.1. The van der Waals surface area contributed by atoms with Crippen LogP contribution in [-0.2, 0) is 14.3 Å². The molecule has 2 aliphatic heterocycles. The number of hydrogen-bond donors (Lipinski definition) is 2. The van der Waals surface area contributed by atoms with E-state index in [4.69, 9.17) is 9.47 Å². The zero-order valence-corrected chi connectivity index (χ0v) is 11.3. The Morgan fingerprint density at radius 2 is 2.26 bits per heavy atom. The van der Waals surface area contributed by atoms with Gasteiger partial charge < -0.3 is 20.1 Å². The monoisotopic (exact) mass is 269 g/mol. The van der Waals surface area contributed by atoms with E-state index in [0.717, 1.165) is 45.6 Å². The number of nitrogens with one attached hydrogen (secondary N) is 2. The van der Waals surface area contributed by atoms with Crippen LogP contribution in [0, 0.1) is 0 Å². The second kappa shape index (κ2) is 6.17. The van der Waals surface area contributed by atoms with Crippen molar-refractivity contribution in [3.63, 3.8) is 0 Å². The summed E-state index contributed by atoms with van der Waals surface area (Å²) in [4.78, 5) is 14.4. The molecule has 1 aliphatic carbocycles. The number of ether oxygens (including phenoxy) is 2. The molecule has 3 aliphatic rings. The van der Waals surface area contributed by atoms with E-state index in [1.807, 2.05) is 0 Å². The fourth-order valence-electron chi connectivity index (χ4n) is 2.62. The molecule has 108 valence electrons. The number of hydrogen-bond acceptors (Lipinski definition) is 5. The van der Waals surface area contributed by atoms with Crippen LogP contribution in [0.4, 0.5) is 0 Å². The zero-order chi connectivity index (χ0) is 13.1. The second-order valence-electron chi connectivity index (χ2n) is 5.57. The predicted molar refractivity (Wildman–Crippen MR) is 70.0 cm³/mol. The largest absolute Gasteiger partial charge is 0.378 e. The van der Waals surface area contributed by atoms with E-state index in [0.29, 0.717) is 19.3 Å². The summed E-state index contributed by atoms with van der Waals surface area (Å²) in [5.74, 6) is 0.117. The van der Waals surface area contributed by atoms with Crippen LogP contribution in [0.3, 0.4) is 0 Å². The van der Waals surface area contributed by atoms with Crippen LogP contribution >= 0.6 is 0 Å². The van der Waals surface area contributed by atoms with E-state index in [2.05, 4.69) is 15.5 Å². The molecule has 0 aromatic rings. The van der Waals surface area contributed by atoms with Crippen molar-refractivity contribution in [2.45, 2.75) is 31.0 Å². The summed E-state index contributed by atoms with van der Waals surface area (Å²) in [5.41, 5.74) is 0. The molecule has 2 heterocycles. The number of morpholine rings is 2. The summed E-state index contributed by atoms with van der Waals surface area (Å²) in [6, 6.07) is 0.253. The smallest absolute Gasteiger partial charge is 0.239 e. The van der Waals surface area contributed by atoms with Crippen LogP contribution in [0.2, 0.25) is 0 Å². The normalized spacial score (nSPS) is 33.1. The van der Waals surface area contributed by atoms with Crippen molar-refractivity contribution in [1.29, 1.82) is 0 Å². The fraction of sp³-hybridized carbons (Fsp3) is 0.923. The Balaban J connectivity index is 1.54. The van der Waals surface area contributed by atoms with Gasteiger partial charge >= 0.3 is 0 Å². The Morgan fingerprint density at radius 3 is 3.00 bits per heavy atom. The maximum absolute atomic E-state index is 12.2. The van der Waals surface area contributed by atoms with Gasteiger partial charge in [0.15, 0.2) is 0 Å². The minimum absolute atomic E-state index is 0.117. The highest BCUT2D eigenvalue weighted by atomic mass is 16.5. The highest BCUT2D eigenvalue weighted by Crippen LogP contribution is 2.19. The third-order valence-corrected chi connectivity index (χ3v) is 3.91. The Morgan fingerprint density at radius 1 is 1.37 bits per heavy atom. The first kappa shape index (κ1) is 13.3. The van der Waals surface area contributed by atoms with Gasteiger partial charge in [0.2, 0.25) is 5.91 Å². The average Bonchev–Trinajstić information content (AvgIpc) is 3.24. The molecular formula is C13H23N3O3. The first-order chi connectivity index (χ1) is 9.33. The lowest BCUT2D eigenvalue weighted by Crippen LogP contribution is -2.57. The molecule has 0 bridgehead atoms. The molecule has 2 atom stereocenters. The number of nitrogens with zero attached hydrogens (tertiary/aromatic N) is 1. The van der Waals surface area contributed by atoms with Gasteiger partial charge in [-0.1, -0.05) is 0 Å². The van der Waals surface area contributed by atoms with Gasteiger partial charge in [-0.2, -0.15) is 0 Å². The highest BCUT2D eigenvalue weighted by Gasteiger charge is 2.34. The van der Waals surface area contributed by atoms with E-state index in [-0.39, 0.29) is 18.1 Å². The van der Waals surface area contributed by atoms with Crippen molar-refractivity contribution in [1.82, 2.24) is 15.5 Å². The zero-order valence-electron chi connectivity index (χ0n) is 11.3. The van der Waals surface area contributed by atoms with E-state index in [9.17, 15) is 4.79 Å². The van der Waals surface area contributed by atoms with Crippen molar-refractivity contribution in [3.8, 4) is 0 Å². The quantitative estimate of drug-likeness (QED) is 0.682. The van der Waals surface area contributed by atoms with Crippen LogP contribution < -0.4 is 10.6 Å². The number of amides is 1. The lowest BCUT2D eigenvalue weighted by molar-refractivity contribution is -0.134. The summed E-state index contributed by atoms with van der Waals surface area (Å²) < 4.78 is 11.2. The van der Waals surface area contributed by atoms with Crippen molar-refractivity contribution < 1.29 is 14.3 Å². The summed E-state index contributed by atoms with van der Waals surface area (Å²) in [6.07, 6.45) is 2.42. The SMILES string of the molecule is O=C(NC1CC1)C1COCCN1CC1CNCCO1. The van der Waals surface area contributed by atoms with E-state index in [1.165, 1.54) is 0 Å². The maximum atomic E-state index is 12.2. The van der Waals surface area contributed by atoms with Gasteiger partial charge in [-0.15, -0.1) is 0 Å². The Hall–Kier alpha value is -0.690. The molecule has 0 spiro atoms. The first-order valence-electron chi connectivity index (χ1n) is 7.27. The molecular weight excluding hydrogens is 246 g/mol. The van der Waals surface area contributed by atoms with Crippen LogP contribution in [0.15, 0.2) is 0 Å².